The summed E-state index contributed by atoms with van der Waals surface area (Å²) in [5.41, 5.74) is 6.13. The van der Waals surface area contributed by atoms with Gasteiger partial charge in [0.1, 0.15) is 0 Å². The van der Waals surface area contributed by atoms with Gasteiger partial charge in [-0.05, 0) is 17.9 Å². The van der Waals surface area contributed by atoms with E-state index >= 15 is 0 Å². The van der Waals surface area contributed by atoms with Crippen LogP contribution in [0.1, 0.15) is 15.9 Å². The van der Waals surface area contributed by atoms with E-state index in [0.717, 1.165) is 5.56 Å². The number of nitrogens with one attached hydrogen (secondary N) is 1. The molecule has 0 aliphatic rings. The zero-order valence-corrected chi connectivity index (χ0v) is 7.27. The average Bonchev–Trinajstić information content (AvgIpc) is 2.33. The van der Waals surface area contributed by atoms with Crippen LogP contribution >= 0.6 is 11.3 Å². The van der Waals surface area contributed by atoms with E-state index in [9.17, 15) is 9.59 Å². The molecule has 3 amide bonds. The molecule has 0 atom stereocenters. The highest BCUT2D eigenvalue weighted by atomic mass is 32.1. The van der Waals surface area contributed by atoms with Gasteiger partial charge < -0.3 is 5.73 Å². The van der Waals surface area contributed by atoms with E-state index in [0.29, 0.717) is 5.56 Å². The van der Waals surface area contributed by atoms with Gasteiger partial charge in [0.25, 0.3) is 5.91 Å². The van der Waals surface area contributed by atoms with Crippen LogP contribution in [0.3, 0.4) is 0 Å². The molecular weight excluding hydrogens is 176 g/mol. The molecule has 0 aliphatic carbocycles. The zero-order chi connectivity index (χ0) is 9.14. The minimum atomic E-state index is -0.828. The van der Waals surface area contributed by atoms with Crippen molar-refractivity contribution < 1.29 is 9.59 Å². The molecule has 0 spiro atoms. The van der Waals surface area contributed by atoms with Crippen molar-refractivity contribution >= 4 is 23.3 Å². The SMILES string of the molecule is Cc1cscc1C(=O)NC(N)=O. The normalized spacial score (nSPS) is 9.42. The highest BCUT2D eigenvalue weighted by Crippen LogP contribution is 2.12. The summed E-state index contributed by atoms with van der Waals surface area (Å²) in [5, 5.41) is 5.50. The van der Waals surface area contributed by atoms with E-state index in [1.54, 1.807) is 12.3 Å². The van der Waals surface area contributed by atoms with Gasteiger partial charge in [-0.25, -0.2) is 4.79 Å². The lowest BCUT2D eigenvalue weighted by Crippen LogP contribution is -2.34. The van der Waals surface area contributed by atoms with E-state index in [1.807, 2.05) is 10.7 Å². The van der Waals surface area contributed by atoms with Crippen LogP contribution < -0.4 is 11.1 Å². The molecule has 0 aromatic carbocycles. The number of urea groups is 1. The fraction of sp³-hybridized carbons (Fsp3) is 0.143. The molecule has 3 N–H and O–H groups in total. The molecule has 0 radical (unpaired) electrons. The van der Waals surface area contributed by atoms with Gasteiger partial charge in [0.2, 0.25) is 0 Å². The maximum atomic E-state index is 11.1. The minimum Gasteiger partial charge on any atom is -0.351 e. The molecule has 0 aliphatic heterocycles. The first kappa shape index (κ1) is 8.73. The van der Waals surface area contributed by atoms with E-state index in [2.05, 4.69) is 0 Å². The van der Waals surface area contributed by atoms with Gasteiger partial charge in [-0.3, -0.25) is 10.1 Å². The van der Waals surface area contributed by atoms with Crippen molar-refractivity contribution in [3.63, 3.8) is 0 Å². The van der Waals surface area contributed by atoms with Crippen molar-refractivity contribution in [3.8, 4) is 0 Å². The van der Waals surface area contributed by atoms with E-state index in [1.165, 1.54) is 11.3 Å². The fourth-order valence-corrected chi connectivity index (χ4v) is 1.60. The molecule has 1 rings (SSSR count). The fourth-order valence-electron chi connectivity index (χ4n) is 0.772. The second-order valence-corrected chi connectivity index (χ2v) is 3.03. The number of primary amides is 1. The number of rotatable bonds is 1. The van der Waals surface area contributed by atoms with Crippen molar-refractivity contribution in [2.24, 2.45) is 5.73 Å². The number of hydrogen-bond donors (Lipinski definition) is 2. The lowest BCUT2D eigenvalue weighted by atomic mass is 10.2. The highest BCUT2D eigenvalue weighted by Gasteiger charge is 2.10. The predicted octanol–water partition coefficient (Wildman–Crippen LogP) is 0.865. The Hall–Kier alpha value is -1.36. The molecule has 0 fully saturated rings. The molecule has 0 unspecified atom stereocenters. The Kier molecular flexibility index (Phi) is 2.44. The van der Waals surface area contributed by atoms with Gasteiger partial charge in [-0.2, -0.15) is 11.3 Å². The van der Waals surface area contributed by atoms with Crippen molar-refractivity contribution in [1.29, 1.82) is 0 Å². The number of aryl methyl sites for hydroxylation is 1. The largest absolute Gasteiger partial charge is 0.351 e. The third kappa shape index (κ3) is 1.82. The number of nitrogens with two attached hydrogens (primary N) is 1. The van der Waals surface area contributed by atoms with Gasteiger partial charge in [0.15, 0.2) is 0 Å². The summed E-state index contributed by atoms with van der Waals surface area (Å²) in [6.45, 7) is 1.80. The third-order valence-corrected chi connectivity index (χ3v) is 2.20. The third-order valence-electron chi connectivity index (χ3n) is 1.34. The van der Waals surface area contributed by atoms with Crippen molar-refractivity contribution in [1.82, 2.24) is 5.32 Å². The van der Waals surface area contributed by atoms with E-state index < -0.39 is 11.9 Å². The van der Waals surface area contributed by atoms with Crippen LogP contribution in [0.15, 0.2) is 10.8 Å². The van der Waals surface area contributed by atoms with Crippen LogP contribution in [0.2, 0.25) is 0 Å². The Morgan fingerprint density at radius 2 is 2.17 bits per heavy atom. The molecular formula is C7H8N2O2S. The summed E-state index contributed by atoms with van der Waals surface area (Å²) in [6, 6.07) is -0.828. The van der Waals surface area contributed by atoms with Gasteiger partial charge in [0.05, 0.1) is 5.56 Å². The lowest BCUT2D eigenvalue weighted by molar-refractivity contribution is 0.0966. The molecule has 5 heteroatoms. The van der Waals surface area contributed by atoms with Crippen LogP contribution in [-0.2, 0) is 0 Å². The quantitative estimate of drug-likeness (QED) is 0.679. The Balaban J connectivity index is 2.78. The van der Waals surface area contributed by atoms with Gasteiger partial charge >= 0.3 is 6.03 Å². The smallest absolute Gasteiger partial charge is 0.319 e. The Morgan fingerprint density at radius 1 is 1.50 bits per heavy atom. The topological polar surface area (TPSA) is 72.2 Å². The number of amides is 3. The minimum absolute atomic E-state index is 0.443. The number of carbonyl (C=O) groups is 2. The first-order valence-corrected chi connectivity index (χ1v) is 4.19. The Morgan fingerprint density at radius 3 is 2.58 bits per heavy atom. The molecule has 12 heavy (non-hydrogen) atoms. The number of thiophene rings is 1. The zero-order valence-electron chi connectivity index (χ0n) is 6.46. The summed E-state index contributed by atoms with van der Waals surface area (Å²) in [4.78, 5) is 21.4. The van der Waals surface area contributed by atoms with Crippen LogP contribution in [0, 0.1) is 6.92 Å². The monoisotopic (exact) mass is 184 g/mol. The van der Waals surface area contributed by atoms with Gasteiger partial charge in [-0.1, -0.05) is 0 Å². The highest BCUT2D eigenvalue weighted by molar-refractivity contribution is 7.08. The number of hydrogen-bond acceptors (Lipinski definition) is 3. The summed E-state index contributed by atoms with van der Waals surface area (Å²) >= 11 is 1.41. The molecule has 4 nitrogen and oxygen atoms in total. The summed E-state index contributed by atoms with van der Waals surface area (Å²) in [5.74, 6) is -0.443. The summed E-state index contributed by atoms with van der Waals surface area (Å²) < 4.78 is 0. The molecule has 1 aromatic heterocycles. The van der Waals surface area contributed by atoms with E-state index in [4.69, 9.17) is 5.73 Å². The summed E-state index contributed by atoms with van der Waals surface area (Å²) in [7, 11) is 0. The van der Waals surface area contributed by atoms with Crippen LogP contribution in [0.4, 0.5) is 4.79 Å². The van der Waals surface area contributed by atoms with Crippen molar-refractivity contribution in [2.45, 2.75) is 6.92 Å². The summed E-state index contributed by atoms with van der Waals surface area (Å²) in [6.07, 6.45) is 0. The first-order valence-electron chi connectivity index (χ1n) is 3.25. The Labute approximate surface area is 73.4 Å². The van der Waals surface area contributed by atoms with Gasteiger partial charge in [-0.15, -0.1) is 0 Å². The van der Waals surface area contributed by atoms with Crippen molar-refractivity contribution in [2.75, 3.05) is 0 Å². The number of imide groups is 1. The maximum absolute atomic E-state index is 11.1. The maximum Gasteiger partial charge on any atom is 0.319 e. The van der Waals surface area contributed by atoms with Crippen LogP contribution in [0.25, 0.3) is 0 Å². The average molecular weight is 184 g/mol. The number of carbonyl (C=O) groups excluding carboxylic acids is 2. The van der Waals surface area contributed by atoms with Crippen LogP contribution in [-0.4, -0.2) is 11.9 Å². The lowest BCUT2D eigenvalue weighted by Gasteiger charge is -1.98. The molecule has 0 bridgehead atoms. The second-order valence-electron chi connectivity index (χ2n) is 2.29. The first-order chi connectivity index (χ1) is 5.61. The molecule has 0 saturated heterocycles. The molecule has 1 aromatic rings. The van der Waals surface area contributed by atoms with Crippen molar-refractivity contribution in [3.05, 3.63) is 21.9 Å². The van der Waals surface area contributed by atoms with Gasteiger partial charge in [0, 0.05) is 5.38 Å². The predicted molar refractivity (Wildman–Crippen MR) is 46.1 cm³/mol. The standard InChI is InChI=1S/C7H8N2O2S/c1-4-2-12-3-5(4)6(10)9-7(8)11/h2-3H,1H3,(H3,8,9,10,11). The van der Waals surface area contributed by atoms with Crippen LogP contribution in [0.5, 0.6) is 0 Å². The molecule has 0 saturated carbocycles. The molecule has 1 heterocycles. The Bertz CT molecular complexity index is 319. The van der Waals surface area contributed by atoms with E-state index in [-0.39, 0.29) is 0 Å². The molecule has 64 valence electrons. The second kappa shape index (κ2) is 3.36.